The molecule has 0 unspecified atom stereocenters. The number of nitrogens with two attached hydrogens (primary N) is 1. The highest BCUT2D eigenvalue weighted by Crippen LogP contribution is 2.52. The summed E-state index contributed by atoms with van der Waals surface area (Å²) in [4.78, 5) is 31.5. The molecule has 134 valence electrons. The Kier molecular flexibility index (Phi) is 4.54. The van der Waals surface area contributed by atoms with Crippen LogP contribution in [0.25, 0.3) is 0 Å². The number of primary amides is 1. The third-order valence-electron chi connectivity index (χ3n) is 5.53. The van der Waals surface area contributed by atoms with Crippen molar-refractivity contribution in [3.05, 3.63) is 35.5 Å². The number of hydrogen-bond acceptors (Lipinski definition) is 4. The van der Waals surface area contributed by atoms with Crippen molar-refractivity contribution >= 4 is 11.8 Å². The molecule has 1 aromatic rings. The second kappa shape index (κ2) is 6.50. The Labute approximate surface area is 148 Å². The van der Waals surface area contributed by atoms with Crippen molar-refractivity contribution in [2.24, 2.45) is 11.1 Å². The minimum absolute atomic E-state index is 0.0421. The maximum atomic E-state index is 13.2. The Hall–Kier alpha value is -2.37. The third-order valence-corrected chi connectivity index (χ3v) is 5.53. The predicted molar refractivity (Wildman–Crippen MR) is 94.1 cm³/mol. The summed E-state index contributed by atoms with van der Waals surface area (Å²) in [6.45, 7) is 4.01. The molecule has 6 heteroatoms. The lowest BCUT2D eigenvalue weighted by Gasteiger charge is -2.34. The molecule has 2 aliphatic heterocycles. The SMILES string of the molecule is COc1ncccc1C(=O)N1[C@H]2CC[C@@H]1[C@](CC=C(C)C)(C(N)=O)C2. The van der Waals surface area contributed by atoms with Gasteiger partial charge in [-0.1, -0.05) is 11.6 Å². The topological polar surface area (TPSA) is 85.5 Å². The van der Waals surface area contributed by atoms with E-state index in [-0.39, 0.29) is 23.9 Å². The first-order valence-corrected chi connectivity index (χ1v) is 8.65. The Bertz CT molecular complexity index is 726. The van der Waals surface area contributed by atoms with Crippen LogP contribution < -0.4 is 10.5 Å². The molecule has 0 aromatic carbocycles. The van der Waals surface area contributed by atoms with Crippen molar-refractivity contribution in [1.29, 1.82) is 0 Å². The molecular formula is C19H25N3O3. The number of pyridine rings is 1. The van der Waals surface area contributed by atoms with E-state index < -0.39 is 5.41 Å². The van der Waals surface area contributed by atoms with Gasteiger partial charge in [0.05, 0.1) is 12.5 Å². The van der Waals surface area contributed by atoms with Gasteiger partial charge in [0.15, 0.2) is 0 Å². The molecule has 2 N–H and O–H groups in total. The van der Waals surface area contributed by atoms with E-state index >= 15 is 0 Å². The molecule has 3 heterocycles. The van der Waals surface area contributed by atoms with Gasteiger partial charge >= 0.3 is 0 Å². The van der Waals surface area contributed by atoms with E-state index in [9.17, 15) is 9.59 Å². The maximum absolute atomic E-state index is 13.2. The van der Waals surface area contributed by atoms with Crippen LogP contribution in [0, 0.1) is 5.41 Å². The zero-order chi connectivity index (χ0) is 18.2. The van der Waals surface area contributed by atoms with E-state index in [0.717, 1.165) is 18.4 Å². The lowest BCUT2D eigenvalue weighted by molar-refractivity contribution is -0.129. The average Bonchev–Trinajstić information content (AvgIpc) is 3.15. The number of nitrogens with zero attached hydrogens (tertiary/aromatic N) is 2. The summed E-state index contributed by atoms with van der Waals surface area (Å²) in [5.41, 5.74) is 6.73. The molecule has 1 aromatic heterocycles. The van der Waals surface area contributed by atoms with Crippen LogP contribution in [0.5, 0.6) is 5.88 Å². The summed E-state index contributed by atoms with van der Waals surface area (Å²) in [5.74, 6) is -0.126. The van der Waals surface area contributed by atoms with Crippen LogP contribution in [-0.2, 0) is 4.79 Å². The van der Waals surface area contributed by atoms with E-state index in [0.29, 0.717) is 24.3 Å². The first kappa shape index (κ1) is 17.5. The monoisotopic (exact) mass is 343 g/mol. The van der Waals surface area contributed by atoms with Crippen molar-refractivity contribution in [3.63, 3.8) is 0 Å². The first-order chi connectivity index (χ1) is 11.9. The van der Waals surface area contributed by atoms with E-state index in [1.807, 2.05) is 18.7 Å². The number of hydrogen-bond donors (Lipinski definition) is 1. The van der Waals surface area contributed by atoms with Gasteiger partial charge in [-0.15, -0.1) is 0 Å². The number of aromatic nitrogens is 1. The van der Waals surface area contributed by atoms with Crippen LogP contribution in [-0.4, -0.2) is 40.9 Å². The number of carbonyl (C=O) groups is 2. The molecule has 2 fully saturated rings. The summed E-state index contributed by atoms with van der Waals surface area (Å²) in [5, 5.41) is 0. The number of carbonyl (C=O) groups excluding carboxylic acids is 2. The largest absolute Gasteiger partial charge is 0.480 e. The highest BCUT2D eigenvalue weighted by Gasteiger charge is 2.60. The van der Waals surface area contributed by atoms with E-state index in [4.69, 9.17) is 10.5 Å². The fourth-order valence-electron chi connectivity index (χ4n) is 4.32. The molecule has 0 saturated carbocycles. The number of amides is 2. The van der Waals surface area contributed by atoms with Crippen molar-refractivity contribution in [2.45, 2.75) is 51.6 Å². The van der Waals surface area contributed by atoms with Gasteiger partial charge in [0, 0.05) is 18.3 Å². The quantitative estimate of drug-likeness (QED) is 0.831. The average molecular weight is 343 g/mol. The maximum Gasteiger partial charge on any atom is 0.259 e. The van der Waals surface area contributed by atoms with Crippen LogP contribution in [0.1, 0.15) is 49.9 Å². The van der Waals surface area contributed by atoms with Crippen LogP contribution >= 0.6 is 0 Å². The first-order valence-electron chi connectivity index (χ1n) is 8.65. The van der Waals surface area contributed by atoms with Gasteiger partial charge < -0.3 is 15.4 Å². The number of allylic oxidation sites excluding steroid dienone is 2. The normalized spacial score (nSPS) is 27.2. The standard InChI is InChI=1S/C19H25N3O3/c1-12(2)8-9-19(18(20)24)11-13-6-7-15(19)22(13)17(23)14-5-4-10-21-16(14)25-3/h4-5,8,10,13,15H,6-7,9,11H2,1-3H3,(H2,20,24)/t13-,15+,19+/m0/s1. The fourth-order valence-corrected chi connectivity index (χ4v) is 4.32. The molecule has 2 saturated heterocycles. The van der Waals surface area contributed by atoms with Gasteiger partial charge in [0.2, 0.25) is 11.8 Å². The second-order valence-electron chi connectivity index (χ2n) is 7.23. The Morgan fingerprint density at radius 3 is 2.84 bits per heavy atom. The number of rotatable bonds is 5. The highest BCUT2D eigenvalue weighted by atomic mass is 16.5. The molecule has 3 atom stereocenters. The van der Waals surface area contributed by atoms with Gasteiger partial charge in [-0.3, -0.25) is 9.59 Å². The molecule has 0 spiro atoms. The van der Waals surface area contributed by atoms with Gasteiger partial charge in [-0.2, -0.15) is 0 Å². The minimum atomic E-state index is -0.675. The summed E-state index contributed by atoms with van der Waals surface area (Å²) < 4.78 is 5.24. The van der Waals surface area contributed by atoms with Gasteiger partial charge in [-0.05, 0) is 51.7 Å². The Morgan fingerprint density at radius 2 is 2.20 bits per heavy atom. The number of ether oxygens (including phenoxy) is 1. The number of methoxy groups -OCH3 is 1. The van der Waals surface area contributed by atoms with Crippen molar-refractivity contribution in [2.75, 3.05) is 7.11 Å². The van der Waals surface area contributed by atoms with Crippen LogP contribution in [0.4, 0.5) is 0 Å². The van der Waals surface area contributed by atoms with Crippen LogP contribution in [0.15, 0.2) is 30.0 Å². The molecule has 2 aliphatic rings. The molecule has 3 rings (SSSR count). The van der Waals surface area contributed by atoms with Gasteiger partial charge in [-0.25, -0.2) is 4.98 Å². The summed E-state index contributed by atoms with van der Waals surface area (Å²) >= 11 is 0. The second-order valence-corrected chi connectivity index (χ2v) is 7.23. The predicted octanol–water partition coefficient (Wildman–Crippen LogP) is 2.30. The molecule has 25 heavy (non-hydrogen) atoms. The fraction of sp³-hybridized carbons (Fsp3) is 0.526. The summed E-state index contributed by atoms with van der Waals surface area (Å²) in [7, 11) is 1.50. The van der Waals surface area contributed by atoms with Crippen molar-refractivity contribution in [3.8, 4) is 5.88 Å². The molecule has 0 radical (unpaired) electrons. The van der Waals surface area contributed by atoms with Crippen molar-refractivity contribution < 1.29 is 14.3 Å². The summed E-state index contributed by atoms with van der Waals surface area (Å²) in [6.07, 6.45) is 6.57. The smallest absolute Gasteiger partial charge is 0.259 e. The van der Waals surface area contributed by atoms with Gasteiger partial charge in [0.25, 0.3) is 5.91 Å². The third kappa shape index (κ3) is 2.79. The zero-order valence-corrected chi connectivity index (χ0v) is 15.0. The number of fused-ring (bicyclic) bond motifs is 2. The highest BCUT2D eigenvalue weighted by molar-refractivity contribution is 5.98. The lowest BCUT2D eigenvalue weighted by atomic mass is 9.70. The summed E-state index contributed by atoms with van der Waals surface area (Å²) in [6, 6.07) is 3.31. The Balaban J connectivity index is 1.95. The van der Waals surface area contributed by atoms with E-state index in [2.05, 4.69) is 11.1 Å². The zero-order valence-electron chi connectivity index (χ0n) is 15.0. The molecule has 6 nitrogen and oxygen atoms in total. The molecular weight excluding hydrogens is 318 g/mol. The molecule has 2 amide bonds. The molecule has 0 aliphatic carbocycles. The van der Waals surface area contributed by atoms with E-state index in [1.165, 1.54) is 7.11 Å². The lowest BCUT2D eigenvalue weighted by Crippen LogP contribution is -2.48. The van der Waals surface area contributed by atoms with Crippen molar-refractivity contribution in [1.82, 2.24) is 9.88 Å². The minimum Gasteiger partial charge on any atom is -0.480 e. The van der Waals surface area contributed by atoms with Crippen LogP contribution in [0.3, 0.4) is 0 Å². The van der Waals surface area contributed by atoms with E-state index in [1.54, 1.807) is 18.3 Å². The van der Waals surface area contributed by atoms with Gasteiger partial charge in [0.1, 0.15) is 5.56 Å². The molecule has 2 bridgehead atoms. The van der Waals surface area contributed by atoms with Crippen LogP contribution in [0.2, 0.25) is 0 Å². The Morgan fingerprint density at radius 1 is 1.44 bits per heavy atom.